The number of H-pyrrole nitrogens is 1. The predicted octanol–water partition coefficient (Wildman–Crippen LogP) is 5.98. The molecule has 0 fully saturated rings. The third kappa shape index (κ3) is 4.70. The summed E-state index contributed by atoms with van der Waals surface area (Å²) in [6.07, 6.45) is 0. The molecule has 188 valence electrons. The van der Waals surface area contributed by atoms with Crippen LogP contribution in [0.4, 0.5) is 34.4 Å². The van der Waals surface area contributed by atoms with Crippen molar-refractivity contribution in [2.75, 3.05) is 5.73 Å². The molecule has 13 heteroatoms. The zero-order valence-electron chi connectivity index (χ0n) is 20.0. The highest BCUT2D eigenvalue weighted by Crippen LogP contribution is 2.36. The highest BCUT2D eigenvalue weighted by molar-refractivity contribution is 5.64. The number of nitrogens with two attached hydrogens (primary N) is 1. The Morgan fingerprint density at radius 1 is 0.842 bits per heavy atom. The van der Waals surface area contributed by atoms with Gasteiger partial charge in [-0.3, -0.25) is 20.0 Å². The Morgan fingerprint density at radius 3 is 2.13 bits per heavy atom. The van der Waals surface area contributed by atoms with Crippen molar-refractivity contribution in [2.45, 2.75) is 6.92 Å². The second kappa shape index (κ2) is 10.1. The van der Waals surface area contributed by atoms with Gasteiger partial charge >= 0.3 is 5.56 Å². The number of anilines is 1. The van der Waals surface area contributed by atoms with Crippen molar-refractivity contribution in [1.82, 2.24) is 19.6 Å². The van der Waals surface area contributed by atoms with Crippen LogP contribution in [0.5, 0.6) is 0 Å². The Hall–Kier alpha value is -5.72. The van der Waals surface area contributed by atoms with E-state index < -0.39 is 10.5 Å². The predicted molar refractivity (Wildman–Crippen MR) is 141 cm³/mol. The summed E-state index contributed by atoms with van der Waals surface area (Å²) in [6, 6.07) is 23.7. The Bertz CT molecular complexity index is 1720. The van der Waals surface area contributed by atoms with Crippen LogP contribution in [-0.4, -0.2) is 24.5 Å². The SMILES string of the molecule is Cc1nn(-c2ccc([N+](=O)[O-])cc2)c(N=Nc2c(N)[nH]n(-c3ccccc3)c2=O)c1N=Nc1ccccc1. The van der Waals surface area contributed by atoms with Gasteiger partial charge in [0, 0.05) is 12.1 Å². The minimum atomic E-state index is -0.497. The van der Waals surface area contributed by atoms with Crippen molar-refractivity contribution < 1.29 is 4.92 Å². The lowest BCUT2D eigenvalue weighted by Gasteiger charge is -2.03. The van der Waals surface area contributed by atoms with E-state index in [9.17, 15) is 14.9 Å². The van der Waals surface area contributed by atoms with Gasteiger partial charge < -0.3 is 5.73 Å². The van der Waals surface area contributed by atoms with Crippen molar-refractivity contribution in [3.05, 3.63) is 111 Å². The lowest BCUT2D eigenvalue weighted by atomic mass is 10.3. The van der Waals surface area contributed by atoms with Crippen LogP contribution in [0.15, 0.2) is 110 Å². The number of nitro benzene ring substituents is 1. The third-order valence-electron chi connectivity index (χ3n) is 5.48. The quantitative estimate of drug-likeness (QED) is 0.156. The van der Waals surface area contributed by atoms with Crippen LogP contribution in [0, 0.1) is 17.0 Å². The third-order valence-corrected chi connectivity index (χ3v) is 5.48. The number of aromatic nitrogens is 4. The molecule has 0 atom stereocenters. The first kappa shape index (κ1) is 24.0. The van der Waals surface area contributed by atoms with E-state index in [1.165, 1.54) is 33.6 Å². The molecule has 0 aliphatic carbocycles. The van der Waals surface area contributed by atoms with Crippen LogP contribution in [0.25, 0.3) is 11.4 Å². The summed E-state index contributed by atoms with van der Waals surface area (Å²) >= 11 is 0. The Morgan fingerprint density at radius 2 is 1.47 bits per heavy atom. The van der Waals surface area contributed by atoms with Gasteiger partial charge in [-0.05, 0) is 43.3 Å². The number of aromatic amines is 1. The first-order valence-corrected chi connectivity index (χ1v) is 11.3. The number of aryl methyl sites for hydroxylation is 1. The summed E-state index contributed by atoms with van der Waals surface area (Å²) in [4.78, 5) is 23.6. The van der Waals surface area contributed by atoms with Crippen molar-refractivity contribution in [3.63, 3.8) is 0 Å². The molecule has 13 nitrogen and oxygen atoms in total. The number of azo groups is 2. The number of nitrogens with one attached hydrogen (secondary N) is 1. The molecular formula is C25H20N10O3. The number of nitro groups is 1. The maximum absolute atomic E-state index is 13.0. The fraction of sp³-hybridized carbons (Fsp3) is 0.0400. The molecule has 0 unspecified atom stereocenters. The summed E-state index contributed by atoms with van der Waals surface area (Å²) < 4.78 is 2.68. The van der Waals surface area contributed by atoms with Crippen molar-refractivity contribution >= 4 is 34.4 Å². The van der Waals surface area contributed by atoms with Gasteiger partial charge in [-0.2, -0.15) is 10.2 Å². The van der Waals surface area contributed by atoms with Crippen LogP contribution < -0.4 is 11.3 Å². The second-order valence-corrected chi connectivity index (χ2v) is 8.03. The van der Waals surface area contributed by atoms with Crippen LogP contribution in [0.1, 0.15) is 5.69 Å². The molecule has 0 aliphatic heterocycles. The van der Waals surface area contributed by atoms with E-state index in [2.05, 4.69) is 30.7 Å². The van der Waals surface area contributed by atoms with Crippen LogP contribution in [-0.2, 0) is 0 Å². The monoisotopic (exact) mass is 508 g/mol. The molecule has 0 bridgehead atoms. The number of hydrogen-bond acceptors (Lipinski definition) is 9. The van der Waals surface area contributed by atoms with E-state index in [-0.39, 0.29) is 23.0 Å². The van der Waals surface area contributed by atoms with E-state index in [4.69, 9.17) is 5.73 Å². The van der Waals surface area contributed by atoms with Gasteiger partial charge in [0.25, 0.3) is 5.69 Å². The maximum Gasteiger partial charge on any atom is 0.301 e. The summed E-state index contributed by atoms with van der Waals surface area (Å²) in [5.41, 5.74) is 7.81. The van der Waals surface area contributed by atoms with Gasteiger partial charge in [-0.1, -0.05) is 36.4 Å². The van der Waals surface area contributed by atoms with Gasteiger partial charge in [-0.15, -0.1) is 15.3 Å². The molecule has 3 N–H and O–H groups in total. The van der Waals surface area contributed by atoms with Crippen LogP contribution in [0.2, 0.25) is 0 Å². The number of para-hydroxylation sites is 1. The summed E-state index contributed by atoms with van der Waals surface area (Å²) in [5.74, 6) is 0.176. The minimum Gasteiger partial charge on any atom is -0.382 e. The second-order valence-electron chi connectivity index (χ2n) is 8.03. The standard InChI is InChI=1S/C25H20N10O3/c1-16-21(28-27-17-8-4-2-5-9-17)24(33(31-16)19-12-14-20(15-13-19)35(37)38)30-29-22-23(26)32-34(25(22)36)18-10-6-3-7-11-18/h2-15,32H,26H2,1H3. The van der Waals surface area contributed by atoms with Gasteiger partial charge in [0.2, 0.25) is 5.82 Å². The van der Waals surface area contributed by atoms with E-state index in [1.807, 2.05) is 24.3 Å². The minimum absolute atomic E-state index is 0.0215. The molecule has 0 saturated heterocycles. The van der Waals surface area contributed by atoms with E-state index in [0.29, 0.717) is 28.4 Å². The molecule has 2 aromatic heterocycles. The number of nitrogen functional groups attached to an aromatic ring is 1. The van der Waals surface area contributed by atoms with Crippen molar-refractivity contribution in [1.29, 1.82) is 0 Å². The molecule has 38 heavy (non-hydrogen) atoms. The first-order chi connectivity index (χ1) is 18.4. The molecule has 0 aliphatic rings. The first-order valence-electron chi connectivity index (χ1n) is 11.3. The molecule has 5 rings (SSSR count). The highest BCUT2D eigenvalue weighted by atomic mass is 16.6. The smallest absolute Gasteiger partial charge is 0.301 e. The fourth-order valence-electron chi connectivity index (χ4n) is 3.61. The molecule has 5 aromatic rings. The zero-order valence-corrected chi connectivity index (χ0v) is 20.0. The Balaban J connectivity index is 1.61. The lowest BCUT2D eigenvalue weighted by Crippen LogP contribution is -2.13. The maximum atomic E-state index is 13.0. The van der Waals surface area contributed by atoms with Crippen molar-refractivity contribution in [2.24, 2.45) is 20.5 Å². The summed E-state index contributed by atoms with van der Waals surface area (Å²) in [5, 5.41) is 35.4. The van der Waals surface area contributed by atoms with E-state index >= 15 is 0 Å². The number of nitrogens with zero attached hydrogens (tertiary/aromatic N) is 8. The highest BCUT2D eigenvalue weighted by Gasteiger charge is 2.19. The molecule has 0 spiro atoms. The largest absolute Gasteiger partial charge is 0.382 e. The number of non-ortho nitro benzene ring substituents is 1. The normalized spacial score (nSPS) is 11.5. The van der Waals surface area contributed by atoms with Crippen LogP contribution in [0.3, 0.4) is 0 Å². The van der Waals surface area contributed by atoms with Gasteiger partial charge in [-0.25, -0.2) is 9.36 Å². The fourth-order valence-corrected chi connectivity index (χ4v) is 3.61. The number of rotatable bonds is 7. The summed E-state index contributed by atoms with van der Waals surface area (Å²) in [7, 11) is 0. The van der Waals surface area contributed by atoms with Gasteiger partial charge in [0.15, 0.2) is 11.4 Å². The van der Waals surface area contributed by atoms with Crippen LogP contribution >= 0.6 is 0 Å². The molecule has 0 saturated carbocycles. The average Bonchev–Trinajstić information content (AvgIpc) is 3.41. The lowest BCUT2D eigenvalue weighted by molar-refractivity contribution is -0.384. The van der Waals surface area contributed by atoms with Gasteiger partial charge in [0.1, 0.15) is 5.82 Å². The topological polar surface area (TPSA) is 174 Å². The Kier molecular flexibility index (Phi) is 6.38. The number of benzene rings is 3. The van der Waals surface area contributed by atoms with E-state index in [0.717, 1.165) is 0 Å². The van der Waals surface area contributed by atoms with E-state index in [1.54, 1.807) is 43.3 Å². The molecular weight excluding hydrogens is 488 g/mol. The molecule has 0 radical (unpaired) electrons. The molecule has 3 aromatic carbocycles. The Labute approximate surface area is 214 Å². The molecule has 2 heterocycles. The average molecular weight is 509 g/mol. The van der Waals surface area contributed by atoms with Gasteiger partial charge in [0.05, 0.1) is 27.7 Å². The summed E-state index contributed by atoms with van der Waals surface area (Å²) in [6.45, 7) is 1.72. The van der Waals surface area contributed by atoms with Crippen molar-refractivity contribution in [3.8, 4) is 11.4 Å². The zero-order chi connectivity index (χ0) is 26.6. The molecule has 0 amide bonds. The number of hydrogen-bond donors (Lipinski definition) is 2.